The average Bonchev–Trinajstić information content (AvgIpc) is 2.45. The highest BCUT2D eigenvalue weighted by atomic mass is 16.6. The van der Waals surface area contributed by atoms with E-state index < -0.39 is 0 Å². The Kier molecular flexibility index (Phi) is 5.49. The molecule has 0 spiro atoms. The Bertz CT molecular complexity index is 450. The Morgan fingerprint density at radius 2 is 2.05 bits per heavy atom. The molecule has 110 valence electrons. The van der Waals surface area contributed by atoms with Crippen LogP contribution in [0.1, 0.15) is 31.2 Å². The number of rotatable bonds is 6. The molecule has 0 radical (unpaired) electrons. The summed E-state index contributed by atoms with van der Waals surface area (Å²) in [5, 5.41) is 24.1. The molecule has 0 amide bonds. The zero-order valence-electron chi connectivity index (χ0n) is 11.6. The van der Waals surface area contributed by atoms with Crippen LogP contribution in [0.15, 0.2) is 24.3 Å². The summed E-state index contributed by atoms with van der Waals surface area (Å²) in [5.41, 5.74) is 0.946. The molecule has 1 aliphatic carbocycles. The maximum Gasteiger partial charge on any atom is 0.272 e. The molecule has 0 heterocycles. The molecule has 20 heavy (non-hydrogen) atoms. The summed E-state index contributed by atoms with van der Waals surface area (Å²) in [6.45, 7) is 1.50. The van der Waals surface area contributed by atoms with E-state index in [-0.39, 0.29) is 16.7 Å². The lowest BCUT2D eigenvalue weighted by Crippen LogP contribution is -2.34. The molecular weight excluding hydrogens is 256 g/mol. The minimum atomic E-state index is -0.333. The quantitative estimate of drug-likeness (QED) is 0.475. The second-order valence-corrected chi connectivity index (χ2v) is 5.45. The lowest BCUT2D eigenvalue weighted by Gasteiger charge is -2.27. The smallest absolute Gasteiger partial charge is 0.272 e. The Morgan fingerprint density at radius 3 is 2.80 bits per heavy atom. The molecule has 1 aliphatic rings. The first-order chi connectivity index (χ1) is 9.68. The minimum absolute atomic E-state index is 0.187. The van der Waals surface area contributed by atoms with Gasteiger partial charge in [0.15, 0.2) is 0 Å². The zero-order chi connectivity index (χ0) is 14.4. The zero-order valence-corrected chi connectivity index (χ0v) is 11.6. The molecule has 0 aliphatic heterocycles. The molecule has 0 bridgehead atoms. The number of benzene rings is 1. The van der Waals surface area contributed by atoms with Crippen molar-refractivity contribution < 1.29 is 10.0 Å². The number of nitrogens with zero attached hydrogens (tertiary/aromatic N) is 1. The van der Waals surface area contributed by atoms with E-state index >= 15 is 0 Å². The van der Waals surface area contributed by atoms with Crippen LogP contribution in [-0.4, -0.2) is 29.2 Å². The molecule has 2 N–H and O–H groups in total. The Balaban J connectivity index is 1.77. The first-order valence-electron chi connectivity index (χ1n) is 7.29. The van der Waals surface area contributed by atoms with Crippen molar-refractivity contribution in [1.82, 2.24) is 5.32 Å². The van der Waals surface area contributed by atoms with Gasteiger partial charge in [-0.15, -0.1) is 0 Å². The minimum Gasteiger partial charge on any atom is -0.393 e. The average molecular weight is 278 g/mol. The van der Waals surface area contributed by atoms with Crippen molar-refractivity contribution in [3.05, 3.63) is 39.9 Å². The standard InChI is InChI=1S/C15H22N2O3/c18-15-8-4-2-6-13(15)11-16-10-9-12-5-1-3-7-14(12)17(19)20/h1,3,5,7,13,15-16,18H,2,4,6,8-11H2. The number of nitro groups is 1. The van der Waals surface area contributed by atoms with E-state index in [0.29, 0.717) is 18.9 Å². The normalized spacial score (nSPS) is 22.6. The second kappa shape index (κ2) is 7.36. The monoisotopic (exact) mass is 278 g/mol. The van der Waals surface area contributed by atoms with Gasteiger partial charge in [-0.05, 0) is 31.7 Å². The highest BCUT2D eigenvalue weighted by Gasteiger charge is 2.22. The van der Waals surface area contributed by atoms with E-state index in [2.05, 4.69) is 5.32 Å². The van der Waals surface area contributed by atoms with Crippen molar-refractivity contribution in [2.45, 2.75) is 38.2 Å². The van der Waals surface area contributed by atoms with Gasteiger partial charge in [0.1, 0.15) is 0 Å². The van der Waals surface area contributed by atoms with E-state index in [1.54, 1.807) is 18.2 Å². The predicted octanol–water partition coefficient (Wildman–Crippen LogP) is 2.28. The van der Waals surface area contributed by atoms with Crippen LogP contribution < -0.4 is 5.32 Å². The van der Waals surface area contributed by atoms with Gasteiger partial charge in [0.2, 0.25) is 0 Å². The summed E-state index contributed by atoms with van der Waals surface area (Å²) in [7, 11) is 0. The van der Waals surface area contributed by atoms with E-state index in [1.807, 2.05) is 6.07 Å². The molecule has 0 saturated heterocycles. The van der Waals surface area contributed by atoms with Crippen molar-refractivity contribution in [3.8, 4) is 0 Å². The molecule has 2 unspecified atom stereocenters. The van der Waals surface area contributed by atoms with Crippen LogP contribution >= 0.6 is 0 Å². The highest BCUT2D eigenvalue weighted by molar-refractivity contribution is 5.39. The van der Waals surface area contributed by atoms with E-state index in [0.717, 1.165) is 31.4 Å². The molecular formula is C15H22N2O3. The summed E-state index contributed by atoms with van der Waals surface area (Å²) >= 11 is 0. The summed E-state index contributed by atoms with van der Waals surface area (Å²) < 4.78 is 0. The maximum atomic E-state index is 10.9. The number of aliphatic hydroxyl groups is 1. The lowest BCUT2D eigenvalue weighted by atomic mass is 9.86. The predicted molar refractivity (Wildman–Crippen MR) is 77.6 cm³/mol. The Hall–Kier alpha value is -1.46. The van der Waals surface area contributed by atoms with E-state index in [1.165, 1.54) is 6.42 Å². The third-order valence-corrected chi connectivity index (χ3v) is 4.03. The number of nitrogens with one attached hydrogen (secondary N) is 1. The van der Waals surface area contributed by atoms with Gasteiger partial charge in [-0.25, -0.2) is 0 Å². The molecule has 5 heteroatoms. The molecule has 2 atom stereocenters. The third kappa shape index (κ3) is 4.02. The molecule has 2 rings (SSSR count). The molecule has 1 aromatic carbocycles. The Labute approximate surface area is 119 Å². The van der Waals surface area contributed by atoms with Gasteiger partial charge >= 0.3 is 0 Å². The largest absolute Gasteiger partial charge is 0.393 e. The summed E-state index contributed by atoms with van der Waals surface area (Å²) in [6, 6.07) is 6.86. The lowest BCUT2D eigenvalue weighted by molar-refractivity contribution is -0.385. The summed E-state index contributed by atoms with van der Waals surface area (Å²) in [6.07, 6.45) is 4.72. The summed E-state index contributed by atoms with van der Waals surface area (Å²) in [5.74, 6) is 0.328. The number of para-hydroxylation sites is 1. The van der Waals surface area contributed by atoms with Crippen LogP contribution in [0.3, 0.4) is 0 Å². The third-order valence-electron chi connectivity index (χ3n) is 4.03. The van der Waals surface area contributed by atoms with Crippen molar-refractivity contribution in [2.24, 2.45) is 5.92 Å². The fourth-order valence-corrected chi connectivity index (χ4v) is 2.84. The number of hydrogen-bond acceptors (Lipinski definition) is 4. The fraction of sp³-hybridized carbons (Fsp3) is 0.600. The van der Waals surface area contributed by atoms with Crippen molar-refractivity contribution in [2.75, 3.05) is 13.1 Å². The second-order valence-electron chi connectivity index (χ2n) is 5.45. The maximum absolute atomic E-state index is 10.9. The molecule has 1 saturated carbocycles. The van der Waals surface area contributed by atoms with Crippen LogP contribution in [0.5, 0.6) is 0 Å². The topological polar surface area (TPSA) is 75.4 Å². The SMILES string of the molecule is O=[N+]([O-])c1ccccc1CCNCC1CCCCC1O. The number of aliphatic hydroxyl groups excluding tert-OH is 1. The number of nitro benzene ring substituents is 1. The van der Waals surface area contributed by atoms with Crippen molar-refractivity contribution >= 4 is 5.69 Å². The van der Waals surface area contributed by atoms with Crippen LogP contribution in [0.4, 0.5) is 5.69 Å². The van der Waals surface area contributed by atoms with Crippen LogP contribution in [0.25, 0.3) is 0 Å². The van der Waals surface area contributed by atoms with Gasteiger partial charge in [-0.3, -0.25) is 10.1 Å². The molecule has 1 aromatic rings. The van der Waals surface area contributed by atoms with Crippen LogP contribution in [-0.2, 0) is 6.42 Å². The Morgan fingerprint density at radius 1 is 1.30 bits per heavy atom. The van der Waals surface area contributed by atoms with Crippen molar-refractivity contribution in [1.29, 1.82) is 0 Å². The van der Waals surface area contributed by atoms with Gasteiger partial charge < -0.3 is 10.4 Å². The van der Waals surface area contributed by atoms with Gasteiger partial charge in [-0.1, -0.05) is 31.0 Å². The fourth-order valence-electron chi connectivity index (χ4n) is 2.84. The van der Waals surface area contributed by atoms with Crippen molar-refractivity contribution in [3.63, 3.8) is 0 Å². The number of hydrogen-bond donors (Lipinski definition) is 2. The summed E-state index contributed by atoms with van der Waals surface area (Å²) in [4.78, 5) is 10.6. The van der Waals surface area contributed by atoms with E-state index in [9.17, 15) is 15.2 Å². The van der Waals surface area contributed by atoms with Gasteiger partial charge in [0, 0.05) is 18.2 Å². The van der Waals surface area contributed by atoms with Gasteiger partial charge in [0.05, 0.1) is 11.0 Å². The first-order valence-corrected chi connectivity index (χ1v) is 7.29. The van der Waals surface area contributed by atoms with E-state index in [4.69, 9.17) is 0 Å². The first kappa shape index (κ1) is 14.9. The molecule has 1 fully saturated rings. The molecule has 5 nitrogen and oxygen atoms in total. The molecule has 0 aromatic heterocycles. The van der Waals surface area contributed by atoms with Gasteiger partial charge in [-0.2, -0.15) is 0 Å². The van der Waals surface area contributed by atoms with Crippen LogP contribution in [0.2, 0.25) is 0 Å². The van der Waals surface area contributed by atoms with Crippen LogP contribution in [0, 0.1) is 16.0 Å². The van der Waals surface area contributed by atoms with Gasteiger partial charge in [0.25, 0.3) is 5.69 Å². The highest BCUT2D eigenvalue weighted by Crippen LogP contribution is 2.23.